The predicted octanol–water partition coefficient (Wildman–Crippen LogP) is 14.7. The van der Waals surface area contributed by atoms with Crippen LogP contribution in [0.4, 0.5) is 0 Å². The van der Waals surface area contributed by atoms with E-state index in [1.165, 1.54) is 96.3 Å². The SMILES string of the molecule is CCCC/C=C\CCCCCCCC(=O)OC(CO)COP(=O)(O)OCC(COC(=O)CCCCCCCCCCCCC)OC(=O)CCCCCCC/C=C\CCCCCCCC. The second kappa shape index (κ2) is 47.5. The van der Waals surface area contributed by atoms with Crippen molar-refractivity contribution in [2.45, 2.75) is 264 Å². The number of hydrogen-bond donors (Lipinski definition) is 2. The molecule has 2 N–H and O–H groups in total. The second-order valence-corrected chi connectivity index (χ2v) is 19.1. The van der Waals surface area contributed by atoms with Crippen molar-refractivity contribution in [1.82, 2.24) is 0 Å². The van der Waals surface area contributed by atoms with Crippen molar-refractivity contribution in [2.24, 2.45) is 0 Å². The predicted molar refractivity (Wildman–Crippen MR) is 261 cm³/mol. The number of carbonyl (C=O) groups excluding carboxylic acids is 3. The molecule has 11 nitrogen and oxygen atoms in total. The third-order valence-corrected chi connectivity index (χ3v) is 12.3. The molecule has 3 unspecified atom stereocenters. The number of aliphatic hydroxyl groups excluding tert-OH is 1. The molecule has 0 aliphatic carbocycles. The van der Waals surface area contributed by atoms with Crippen molar-refractivity contribution in [1.29, 1.82) is 0 Å². The van der Waals surface area contributed by atoms with E-state index >= 15 is 0 Å². The Balaban J connectivity index is 4.73. The Morgan fingerprint density at radius 3 is 1.12 bits per heavy atom. The molecule has 3 atom stereocenters. The topological polar surface area (TPSA) is 155 Å². The van der Waals surface area contributed by atoms with Crippen LogP contribution >= 0.6 is 7.82 Å². The Kier molecular flexibility index (Phi) is 45.9. The first kappa shape index (κ1) is 62.0. The van der Waals surface area contributed by atoms with E-state index in [4.69, 9.17) is 23.3 Å². The average Bonchev–Trinajstić information content (AvgIpc) is 3.28. The molecule has 0 heterocycles. The summed E-state index contributed by atoms with van der Waals surface area (Å²) in [5, 5.41) is 9.75. The highest BCUT2D eigenvalue weighted by Crippen LogP contribution is 2.43. The van der Waals surface area contributed by atoms with E-state index in [1.54, 1.807) is 0 Å². The zero-order valence-electron chi connectivity index (χ0n) is 41.3. The Morgan fingerprint density at radius 2 is 0.734 bits per heavy atom. The molecule has 64 heavy (non-hydrogen) atoms. The van der Waals surface area contributed by atoms with Crippen molar-refractivity contribution in [3.63, 3.8) is 0 Å². The molecule has 376 valence electrons. The van der Waals surface area contributed by atoms with E-state index in [9.17, 15) is 28.9 Å². The summed E-state index contributed by atoms with van der Waals surface area (Å²) in [5.41, 5.74) is 0. The van der Waals surface area contributed by atoms with Crippen LogP contribution in [0.2, 0.25) is 0 Å². The van der Waals surface area contributed by atoms with Crippen LogP contribution in [0.25, 0.3) is 0 Å². The fourth-order valence-electron chi connectivity index (χ4n) is 7.27. The summed E-state index contributed by atoms with van der Waals surface area (Å²) in [6.45, 7) is 4.58. The zero-order valence-corrected chi connectivity index (χ0v) is 42.2. The molecule has 12 heteroatoms. The molecular formula is C52H97O11P. The molecule has 0 radical (unpaired) electrons. The average molecular weight is 929 g/mol. The van der Waals surface area contributed by atoms with Gasteiger partial charge in [-0.25, -0.2) is 4.57 Å². The zero-order chi connectivity index (χ0) is 47.0. The number of carbonyl (C=O) groups is 3. The van der Waals surface area contributed by atoms with Gasteiger partial charge in [0.25, 0.3) is 0 Å². The minimum absolute atomic E-state index is 0.162. The van der Waals surface area contributed by atoms with Crippen LogP contribution in [0.15, 0.2) is 24.3 Å². The van der Waals surface area contributed by atoms with Crippen molar-refractivity contribution in [2.75, 3.05) is 26.4 Å². The maximum Gasteiger partial charge on any atom is 0.472 e. The number of unbranched alkanes of at least 4 members (excludes halogenated alkanes) is 28. The molecule has 0 spiro atoms. The lowest BCUT2D eigenvalue weighted by Gasteiger charge is -2.21. The summed E-state index contributed by atoms with van der Waals surface area (Å²) in [6, 6.07) is 0. The molecule has 0 amide bonds. The lowest BCUT2D eigenvalue weighted by Crippen LogP contribution is -2.30. The molecule has 0 aromatic rings. The Hall–Kier alpha value is -2.04. The van der Waals surface area contributed by atoms with Crippen LogP contribution < -0.4 is 0 Å². The quantitative estimate of drug-likeness (QED) is 0.0197. The minimum Gasteiger partial charge on any atom is -0.462 e. The van der Waals surface area contributed by atoms with Crippen LogP contribution in [0.5, 0.6) is 0 Å². The molecule has 0 aliphatic rings. The van der Waals surface area contributed by atoms with Crippen LogP contribution in [-0.2, 0) is 42.2 Å². The van der Waals surface area contributed by atoms with Crippen LogP contribution in [0, 0.1) is 0 Å². The van der Waals surface area contributed by atoms with Gasteiger partial charge in [0.15, 0.2) is 6.10 Å². The summed E-state index contributed by atoms with van der Waals surface area (Å²) >= 11 is 0. The van der Waals surface area contributed by atoms with E-state index in [-0.39, 0.29) is 25.9 Å². The van der Waals surface area contributed by atoms with Gasteiger partial charge in [-0.2, -0.15) is 0 Å². The largest absolute Gasteiger partial charge is 0.472 e. The third-order valence-electron chi connectivity index (χ3n) is 11.3. The maximum absolute atomic E-state index is 12.8. The van der Waals surface area contributed by atoms with Gasteiger partial charge < -0.3 is 24.2 Å². The van der Waals surface area contributed by atoms with Crippen LogP contribution in [0.1, 0.15) is 252 Å². The van der Waals surface area contributed by atoms with Gasteiger partial charge in [-0.15, -0.1) is 0 Å². The van der Waals surface area contributed by atoms with E-state index < -0.39 is 57.8 Å². The number of aliphatic hydroxyl groups is 1. The summed E-state index contributed by atoms with van der Waals surface area (Å²) < 4.78 is 39.3. The van der Waals surface area contributed by atoms with Crippen molar-refractivity contribution >= 4 is 25.7 Å². The number of phosphoric ester groups is 1. The number of ether oxygens (including phenoxy) is 3. The normalized spacial score (nSPS) is 13.6. The van der Waals surface area contributed by atoms with Gasteiger partial charge in [0.2, 0.25) is 0 Å². The standard InChI is InChI=1S/C52H97O11P/c1-4-7-10-13-16-19-22-23-24-25-28-31-34-37-40-43-52(56)63-49(45-59-50(54)41-38-35-32-29-26-20-17-14-11-8-5-2)47-61-64(57,58)60-46-48(44-53)62-51(55)42-39-36-33-30-27-21-18-15-12-9-6-3/h15,18,23-24,48-49,53H,4-14,16-17,19-22,25-47H2,1-3H3,(H,57,58)/b18-15-,24-23-. The molecule has 0 rings (SSSR count). The van der Waals surface area contributed by atoms with Gasteiger partial charge in [-0.3, -0.25) is 23.4 Å². The summed E-state index contributed by atoms with van der Waals surface area (Å²) in [7, 11) is -4.73. The van der Waals surface area contributed by atoms with Crippen molar-refractivity contribution in [3.8, 4) is 0 Å². The van der Waals surface area contributed by atoms with Gasteiger partial charge in [-0.05, 0) is 64.2 Å². The minimum atomic E-state index is -4.73. The number of phosphoric acid groups is 1. The molecule has 0 saturated carbocycles. The smallest absolute Gasteiger partial charge is 0.462 e. The molecule has 0 bridgehead atoms. The van der Waals surface area contributed by atoms with E-state index in [2.05, 4.69) is 45.1 Å². The Bertz CT molecular complexity index is 1180. The third kappa shape index (κ3) is 45.1. The molecule has 0 aliphatic heterocycles. The maximum atomic E-state index is 12.8. The van der Waals surface area contributed by atoms with Crippen molar-refractivity contribution < 1.29 is 52.2 Å². The van der Waals surface area contributed by atoms with E-state index in [1.807, 2.05) is 0 Å². The van der Waals surface area contributed by atoms with E-state index in [0.29, 0.717) is 19.3 Å². The van der Waals surface area contributed by atoms with E-state index in [0.717, 1.165) is 96.3 Å². The second-order valence-electron chi connectivity index (χ2n) is 17.7. The van der Waals surface area contributed by atoms with Gasteiger partial charge in [0, 0.05) is 19.3 Å². The highest BCUT2D eigenvalue weighted by Gasteiger charge is 2.28. The van der Waals surface area contributed by atoms with Crippen LogP contribution in [0.3, 0.4) is 0 Å². The summed E-state index contributed by atoms with van der Waals surface area (Å²) in [5.74, 6) is -1.47. The fraction of sp³-hybridized carbons (Fsp3) is 0.865. The molecule has 0 fully saturated rings. The van der Waals surface area contributed by atoms with Gasteiger partial charge >= 0.3 is 25.7 Å². The molecule has 0 aromatic heterocycles. The van der Waals surface area contributed by atoms with Crippen LogP contribution in [-0.4, -0.2) is 66.5 Å². The summed E-state index contributed by atoms with van der Waals surface area (Å²) in [4.78, 5) is 48.2. The Morgan fingerprint density at radius 1 is 0.422 bits per heavy atom. The number of rotatable bonds is 49. The molecule has 0 aromatic carbocycles. The first-order chi connectivity index (χ1) is 31.2. The monoisotopic (exact) mass is 929 g/mol. The first-order valence-electron chi connectivity index (χ1n) is 26.2. The lowest BCUT2D eigenvalue weighted by molar-refractivity contribution is -0.161. The van der Waals surface area contributed by atoms with Gasteiger partial charge in [-0.1, -0.05) is 193 Å². The highest BCUT2D eigenvalue weighted by molar-refractivity contribution is 7.47. The molecule has 0 saturated heterocycles. The summed E-state index contributed by atoms with van der Waals surface area (Å²) in [6.07, 6.45) is 44.3. The number of hydrogen-bond acceptors (Lipinski definition) is 10. The molecular weight excluding hydrogens is 832 g/mol. The first-order valence-corrected chi connectivity index (χ1v) is 27.7. The lowest BCUT2D eigenvalue weighted by atomic mass is 10.1. The van der Waals surface area contributed by atoms with Gasteiger partial charge in [0.1, 0.15) is 12.7 Å². The highest BCUT2D eigenvalue weighted by atomic mass is 31.2. The number of allylic oxidation sites excluding steroid dienone is 4. The number of esters is 3. The Labute approximate surface area is 391 Å². The van der Waals surface area contributed by atoms with Crippen molar-refractivity contribution in [3.05, 3.63) is 24.3 Å². The van der Waals surface area contributed by atoms with Gasteiger partial charge in [0.05, 0.1) is 19.8 Å². The fourth-order valence-corrected chi connectivity index (χ4v) is 8.06.